The fourth-order valence-electron chi connectivity index (χ4n) is 1.93. The second-order valence-electron chi connectivity index (χ2n) is 6.58. The quantitative estimate of drug-likeness (QED) is 0.496. The summed E-state index contributed by atoms with van der Waals surface area (Å²) in [5, 5.41) is 17.9. The molecule has 0 saturated heterocycles. The molecular weight excluding hydrogens is 348 g/mol. The van der Waals surface area contributed by atoms with Gasteiger partial charge in [0.25, 0.3) is 0 Å². The molecule has 3 N–H and O–H groups in total. The smallest absolute Gasteiger partial charge is 0.442 e. The molecule has 1 amide bonds. The van der Waals surface area contributed by atoms with Crippen molar-refractivity contribution >= 4 is 21.5 Å². The predicted octanol–water partition coefficient (Wildman–Crippen LogP) is 2.78. The molecule has 142 valence electrons. The number of hydrogen-bond donors (Lipinski definition) is 3. The van der Waals surface area contributed by atoms with E-state index >= 15 is 0 Å². The van der Waals surface area contributed by atoms with E-state index in [-0.39, 0.29) is 12.4 Å². The first-order chi connectivity index (χ1) is 11.5. The van der Waals surface area contributed by atoms with Crippen molar-refractivity contribution in [2.75, 3.05) is 24.9 Å². The van der Waals surface area contributed by atoms with E-state index in [1.807, 2.05) is 5.48 Å². The highest BCUT2D eigenvalue weighted by Gasteiger charge is 2.18. The number of hydrogen-bond acceptors (Lipinski definition) is 7. The summed E-state index contributed by atoms with van der Waals surface area (Å²) in [4.78, 5) is 11.8. The zero-order valence-electron chi connectivity index (χ0n) is 14.9. The van der Waals surface area contributed by atoms with E-state index in [2.05, 4.69) is 4.36 Å². The molecule has 0 saturated carbocycles. The van der Waals surface area contributed by atoms with Crippen molar-refractivity contribution < 1.29 is 28.8 Å². The van der Waals surface area contributed by atoms with Crippen LogP contribution in [0.15, 0.2) is 22.6 Å². The Labute approximate surface area is 148 Å². The van der Waals surface area contributed by atoms with Crippen molar-refractivity contribution in [1.82, 2.24) is 0 Å². The second kappa shape index (κ2) is 9.02. The maximum Gasteiger partial charge on any atom is 0.442 e. The lowest BCUT2D eigenvalue weighted by atomic mass is 10.2. The molecule has 1 aromatic carbocycles. The average molecular weight is 374 g/mol. The molecule has 0 aliphatic rings. The SMILES string of the molecule is CC(C)(C)OC(=O)N=S(C)(=O)Cc1cc(NO)cc(OCCCO)c1. The summed E-state index contributed by atoms with van der Waals surface area (Å²) in [7, 11) is -2.88. The second-order valence-corrected chi connectivity index (χ2v) is 8.97. The van der Waals surface area contributed by atoms with Crippen LogP contribution in [-0.4, -0.2) is 45.7 Å². The lowest BCUT2D eigenvalue weighted by Crippen LogP contribution is -2.22. The highest BCUT2D eigenvalue weighted by atomic mass is 32.2. The molecule has 0 heterocycles. The Morgan fingerprint density at radius 2 is 2.00 bits per heavy atom. The number of nitrogens with one attached hydrogen (secondary N) is 1. The molecule has 9 heteroatoms. The fraction of sp³-hybridized carbons (Fsp3) is 0.562. The minimum atomic E-state index is -2.88. The Balaban J connectivity index is 2.97. The number of rotatable bonds is 7. The maximum atomic E-state index is 12.6. The number of ether oxygens (including phenoxy) is 2. The molecule has 25 heavy (non-hydrogen) atoms. The van der Waals surface area contributed by atoms with Crippen LogP contribution in [0.25, 0.3) is 0 Å². The van der Waals surface area contributed by atoms with E-state index in [1.165, 1.54) is 6.26 Å². The molecule has 0 aliphatic heterocycles. The Morgan fingerprint density at radius 3 is 2.56 bits per heavy atom. The van der Waals surface area contributed by atoms with Crippen LogP contribution in [0, 0.1) is 0 Å². The lowest BCUT2D eigenvalue weighted by Gasteiger charge is -2.17. The fourth-order valence-corrected chi connectivity index (χ4v) is 3.13. The van der Waals surface area contributed by atoms with E-state index in [9.17, 15) is 9.00 Å². The Bertz CT molecular complexity index is 705. The van der Waals surface area contributed by atoms with E-state index < -0.39 is 21.4 Å². The molecule has 0 aromatic heterocycles. The molecule has 1 atom stereocenters. The summed E-state index contributed by atoms with van der Waals surface area (Å²) >= 11 is 0. The van der Waals surface area contributed by atoms with Gasteiger partial charge in [-0.3, -0.25) is 10.7 Å². The van der Waals surface area contributed by atoms with E-state index in [4.69, 9.17) is 19.8 Å². The first-order valence-electron chi connectivity index (χ1n) is 7.75. The summed E-state index contributed by atoms with van der Waals surface area (Å²) in [5.74, 6) is 0.424. The molecule has 1 aromatic rings. The number of carbonyl (C=O) groups excluding carboxylic acids is 1. The minimum Gasteiger partial charge on any atom is -0.493 e. The van der Waals surface area contributed by atoms with Crippen LogP contribution >= 0.6 is 0 Å². The van der Waals surface area contributed by atoms with Gasteiger partial charge in [-0.15, -0.1) is 4.36 Å². The molecule has 1 unspecified atom stereocenters. The number of carbonyl (C=O) groups is 1. The Morgan fingerprint density at radius 1 is 1.32 bits per heavy atom. The lowest BCUT2D eigenvalue weighted by molar-refractivity contribution is 0.0607. The van der Waals surface area contributed by atoms with Crippen LogP contribution in [-0.2, 0) is 20.2 Å². The summed E-state index contributed by atoms with van der Waals surface area (Å²) in [6.45, 7) is 5.40. The van der Waals surface area contributed by atoms with Gasteiger partial charge in [-0.2, -0.15) is 0 Å². The number of anilines is 1. The van der Waals surface area contributed by atoms with Crippen LogP contribution in [0.2, 0.25) is 0 Å². The predicted molar refractivity (Wildman–Crippen MR) is 95.5 cm³/mol. The summed E-state index contributed by atoms with van der Waals surface area (Å²) in [6.07, 6.45) is 0.947. The van der Waals surface area contributed by atoms with Gasteiger partial charge in [0.15, 0.2) is 0 Å². The van der Waals surface area contributed by atoms with E-state index in [0.29, 0.717) is 30.0 Å². The van der Waals surface area contributed by atoms with Gasteiger partial charge in [0.2, 0.25) is 0 Å². The number of nitrogens with zero attached hydrogens (tertiary/aromatic N) is 1. The number of amides is 1. The van der Waals surface area contributed by atoms with E-state index in [0.717, 1.165) is 0 Å². The van der Waals surface area contributed by atoms with Gasteiger partial charge >= 0.3 is 6.09 Å². The van der Waals surface area contributed by atoms with Crippen molar-refractivity contribution in [2.24, 2.45) is 4.36 Å². The third kappa shape index (κ3) is 8.71. The zero-order valence-corrected chi connectivity index (χ0v) is 15.8. The van der Waals surface area contributed by atoms with Crippen molar-refractivity contribution in [3.05, 3.63) is 23.8 Å². The van der Waals surface area contributed by atoms with Crippen molar-refractivity contribution in [1.29, 1.82) is 0 Å². The van der Waals surface area contributed by atoms with Crippen LogP contribution in [0.1, 0.15) is 32.8 Å². The molecule has 0 fully saturated rings. The molecule has 8 nitrogen and oxygen atoms in total. The van der Waals surface area contributed by atoms with Crippen molar-refractivity contribution in [3.63, 3.8) is 0 Å². The summed E-state index contributed by atoms with van der Waals surface area (Å²) in [5.41, 5.74) is 2.21. The average Bonchev–Trinajstić information content (AvgIpc) is 2.43. The highest BCUT2D eigenvalue weighted by Crippen LogP contribution is 2.23. The van der Waals surface area contributed by atoms with Gasteiger partial charge in [-0.05, 0) is 38.5 Å². The highest BCUT2D eigenvalue weighted by molar-refractivity contribution is 7.92. The zero-order chi connectivity index (χ0) is 19.1. The number of aliphatic hydroxyl groups excluding tert-OH is 1. The molecule has 0 aliphatic carbocycles. The summed E-state index contributed by atoms with van der Waals surface area (Å²) in [6, 6.07) is 4.78. The van der Waals surface area contributed by atoms with Gasteiger partial charge < -0.3 is 14.6 Å². The standard InChI is InChI=1S/C16H26N2O6S/c1-16(2,3)24-15(20)18-25(4,22)11-12-8-13(17-21)10-14(9-12)23-7-5-6-19/h8-10,17,19,21H,5-7,11H2,1-4H3. The third-order valence-electron chi connectivity index (χ3n) is 2.76. The monoisotopic (exact) mass is 374 g/mol. The first-order valence-corrected chi connectivity index (χ1v) is 9.84. The van der Waals surface area contributed by atoms with Crippen molar-refractivity contribution in [3.8, 4) is 5.75 Å². The topological polar surface area (TPSA) is 117 Å². The normalized spacial score (nSPS) is 13.7. The minimum absolute atomic E-state index is 0.00233. The number of aliphatic hydroxyl groups is 1. The van der Waals surface area contributed by atoms with Gasteiger partial charge in [0, 0.05) is 25.3 Å². The molecule has 0 bridgehead atoms. The van der Waals surface area contributed by atoms with Crippen molar-refractivity contribution in [2.45, 2.75) is 38.5 Å². The van der Waals surface area contributed by atoms with Crippen LogP contribution in [0.5, 0.6) is 5.75 Å². The Kier molecular flexibility index (Phi) is 7.65. The largest absolute Gasteiger partial charge is 0.493 e. The maximum absolute atomic E-state index is 12.6. The first kappa shape index (κ1) is 21.2. The van der Waals surface area contributed by atoms with Gasteiger partial charge in [0.1, 0.15) is 11.4 Å². The third-order valence-corrected chi connectivity index (χ3v) is 4.17. The van der Waals surface area contributed by atoms with Crippen LogP contribution < -0.4 is 10.2 Å². The molecular formula is C16H26N2O6S. The molecule has 0 radical (unpaired) electrons. The summed E-state index contributed by atoms with van der Waals surface area (Å²) < 4.78 is 26.8. The molecule has 1 rings (SSSR count). The van der Waals surface area contributed by atoms with Gasteiger partial charge in [0.05, 0.1) is 27.8 Å². The van der Waals surface area contributed by atoms with Gasteiger partial charge in [-0.25, -0.2) is 9.00 Å². The Hall–Kier alpha value is -1.84. The van der Waals surface area contributed by atoms with Crippen LogP contribution in [0.4, 0.5) is 10.5 Å². The number of benzene rings is 1. The van der Waals surface area contributed by atoms with Crippen LogP contribution in [0.3, 0.4) is 0 Å². The van der Waals surface area contributed by atoms with Gasteiger partial charge in [-0.1, -0.05) is 0 Å². The molecule has 0 spiro atoms. The van der Waals surface area contributed by atoms with E-state index in [1.54, 1.807) is 39.0 Å².